The second-order valence-electron chi connectivity index (χ2n) is 2.59. The van der Waals surface area contributed by atoms with Gasteiger partial charge in [-0.1, -0.05) is 0 Å². The van der Waals surface area contributed by atoms with Gasteiger partial charge in [0.1, 0.15) is 5.78 Å². The minimum absolute atomic E-state index is 0.234. The fourth-order valence-electron chi connectivity index (χ4n) is 0.848. The minimum Gasteiger partial charge on any atom is -0.549 e. The third-order valence-corrected chi connectivity index (χ3v) is 1.15. The van der Waals surface area contributed by atoms with Crippen molar-refractivity contribution in [1.82, 2.24) is 4.90 Å². The lowest BCUT2D eigenvalue weighted by Crippen LogP contribution is -2.45. The Balaban J connectivity index is 4.10. The summed E-state index contributed by atoms with van der Waals surface area (Å²) in [5.41, 5.74) is 0. The van der Waals surface area contributed by atoms with Gasteiger partial charge in [-0.25, -0.2) is 0 Å². The maximum absolute atomic E-state index is 10.5. The first-order valence-electron chi connectivity index (χ1n) is 3.53. The number of rotatable bonds is 6. The first kappa shape index (κ1) is 11.6. The number of nitrogens with zero attached hydrogens (tertiary/aromatic N) is 1. The standard InChI is InChI=1S/C7H11NO5/c1-5(9)2-8(3-6(10)11)4-7(12)13/h2-4H2,1H3,(H,10,11)(H,12,13)/p-2. The number of ketones is 1. The van der Waals surface area contributed by atoms with E-state index in [1.54, 1.807) is 0 Å². The number of hydrogen-bond donors (Lipinski definition) is 0. The van der Waals surface area contributed by atoms with E-state index in [9.17, 15) is 24.6 Å². The van der Waals surface area contributed by atoms with Crippen LogP contribution in [0.2, 0.25) is 0 Å². The van der Waals surface area contributed by atoms with Crippen molar-refractivity contribution in [3.8, 4) is 0 Å². The van der Waals surface area contributed by atoms with E-state index in [1.165, 1.54) is 6.92 Å². The second-order valence-corrected chi connectivity index (χ2v) is 2.59. The van der Waals surface area contributed by atoms with E-state index < -0.39 is 25.0 Å². The molecular weight excluding hydrogens is 178 g/mol. The quantitative estimate of drug-likeness (QED) is 0.425. The van der Waals surface area contributed by atoms with Crippen molar-refractivity contribution < 1.29 is 24.6 Å². The third-order valence-electron chi connectivity index (χ3n) is 1.15. The average Bonchev–Trinajstić information content (AvgIpc) is 1.80. The first-order chi connectivity index (χ1) is 5.91. The van der Waals surface area contributed by atoms with Gasteiger partial charge < -0.3 is 19.8 Å². The fraction of sp³-hybridized carbons (Fsp3) is 0.571. The number of carboxylic acids is 2. The van der Waals surface area contributed by atoms with Crippen molar-refractivity contribution in [3.05, 3.63) is 0 Å². The van der Waals surface area contributed by atoms with Crippen LogP contribution in [0.15, 0.2) is 0 Å². The topological polar surface area (TPSA) is 101 Å². The molecule has 0 rings (SSSR count). The molecule has 0 saturated heterocycles. The molecule has 0 aromatic rings. The molecule has 13 heavy (non-hydrogen) atoms. The van der Waals surface area contributed by atoms with Crippen LogP contribution in [-0.2, 0) is 14.4 Å². The SMILES string of the molecule is CC(=O)CN(CC(=O)[O-])CC(=O)[O-]. The van der Waals surface area contributed by atoms with Crippen molar-refractivity contribution in [2.24, 2.45) is 0 Å². The van der Waals surface area contributed by atoms with Crippen LogP contribution in [0.5, 0.6) is 0 Å². The Morgan fingerprint density at radius 3 is 1.62 bits per heavy atom. The minimum atomic E-state index is -1.43. The zero-order valence-corrected chi connectivity index (χ0v) is 7.11. The van der Waals surface area contributed by atoms with Crippen molar-refractivity contribution in [1.29, 1.82) is 0 Å². The molecule has 6 nitrogen and oxygen atoms in total. The summed E-state index contributed by atoms with van der Waals surface area (Å²) in [7, 11) is 0. The average molecular weight is 187 g/mol. The van der Waals surface area contributed by atoms with Crippen molar-refractivity contribution in [2.75, 3.05) is 19.6 Å². The van der Waals surface area contributed by atoms with Crippen LogP contribution in [0.25, 0.3) is 0 Å². The van der Waals surface area contributed by atoms with Gasteiger partial charge in [0.15, 0.2) is 0 Å². The third kappa shape index (κ3) is 6.95. The molecule has 0 fully saturated rings. The zero-order chi connectivity index (χ0) is 10.4. The largest absolute Gasteiger partial charge is 0.549 e. The van der Waals surface area contributed by atoms with E-state index in [2.05, 4.69) is 0 Å². The Labute approximate surface area is 74.8 Å². The van der Waals surface area contributed by atoms with E-state index in [1.807, 2.05) is 0 Å². The van der Waals surface area contributed by atoms with Gasteiger partial charge in [-0.2, -0.15) is 0 Å². The summed E-state index contributed by atoms with van der Waals surface area (Å²) >= 11 is 0. The van der Waals surface area contributed by atoms with E-state index >= 15 is 0 Å². The van der Waals surface area contributed by atoms with Gasteiger partial charge >= 0.3 is 0 Å². The number of carbonyl (C=O) groups excluding carboxylic acids is 3. The highest BCUT2D eigenvalue weighted by atomic mass is 16.4. The lowest BCUT2D eigenvalue weighted by Gasteiger charge is -2.21. The van der Waals surface area contributed by atoms with Crippen LogP contribution in [0.4, 0.5) is 0 Å². The lowest BCUT2D eigenvalue weighted by molar-refractivity contribution is -0.310. The van der Waals surface area contributed by atoms with Gasteiger partial charge in [0.2, 0.25) is 0 Å². The molecule has 0 aromatic heterocycles. The fourth-order valence-corrected chi connectivity index (χ4v) is 0.848. The summed E-state index contributed by atoms with van der Waals surface area (Å²) in [5, 5.41) is 20.2. The van der Waals surface area contributed by atoms with Gasteiger partial charge in [-0.05, 0) is 6.92 Å². The van der Waals surface area contributed by atoms with E-state index in [-0.39, 0.29) is 12.3 Å². The van der Waals surface area contributed by atoms with Crippen molar-refractivity contribution in [2.45, 2.75) is 6.92 Å². The summed E-state index contributed by atoms with van der Waals surface area (Å²) < 4.78 is 0. The van der Waals surface area contributed by atoms with E-state index in [0.29, 0.717) is 0 Å². The number of carboxylic acid groups (broad SMARTS) is 2. The van der Waals surface area contributed by atoms with Crippen LogP contribution >= 0.6 is 0 Å². The van der Waals surface area contributed by atoms with E-state index in [4.69, 9.17) is 0 Å². The molecule has 0 unspecified atom stereocenters. The molecule has 0 aliphatic rings. The molecule has 0 atom stereocenters. The maximum atomic E-state index is 10.5. The summed E-state index contributed by atoms with van der Waals surface area (Å²) in [6, 6.07) is 0. The smallest absolute Gasteiger partial charge is 0.143 e. The van der Waals surface area contributed by atoms with Crippen molar-refractivity contribution >= 4 is 17.7 Å². The zero-order valence-electron chi connectivity index (χ0n) is 7.11. The number of aliphatic carboxylic acids is 2. The molecule has 0 N–H and O–H groups in total. The van der Waals surface area contributed by atoms with Gasteiger partial charge in [0, 0.05) is 13.1 Å². The summed E-state index contributed by atoms with van der Waals surface area (Å²) in [4.78, 5) is 31.7. The predicted octanol–water partition coefficient (Wildman–Crippen LogP) is -3.62. The van der Waals surface area contributed by atoms with Gasteiger partial charge in [0.05, 0.1) is 18.5 Å². The Morgan fingerprint density at radius 2 is 1.38 bits per heavy atom. The molecule has 0 heterocycles. The summed E-state index contributed by atoms with van der Waals surface area (Å²) in [6.07, 6.45) is 0. The molecule has 6 heteroatoms. The van der Waals surface area contributed by atoms with E-state index in [0.717, 1.165) is 4.90 Å². The molecule has 0 aromatic carbocycles. The number of Topliss-reactive ketones (excluding diaryl/α,β-unsaturated/α-hetero) is 1. The van der Waals surface area contributed by atoms with Gasteiger partial charge in [-0.15, -0.1) is 0 Å². The summed E-state index contributed by atoms with van der Waals surface area (Å²) in [5.74, 6) is -3.17. The van der Waals surface area contributed by atoms with Crippen LogP contribution in [0.3, 0.4) is 0 Å². The second kappa shape index (κ2) is 5.26. The molecule has 0 saturated carbocycles. The van der Waals surface area contributed by atoms with Crippen molar-refractivity contribution in [3.63, 3.8) is 0 Å². The predicted molar refractivity (Wildman–Crippen MR) is 37.1 cm³/mol. The first-order valence-corrected chi connectivity index (χ1v) is 3.53. The Bertz CT molecular complexity index is 187. The monoisotopic (exact) mass is 187 g/mol. The lowest BCUT2D eigenvalue weighted by atomic mass is 10.3. The maximum Gasteiger partial charge on any atom is 0.143 e. The highest BCUT2D eigenvalue weighted by Gasteiger charge is 2.07. The highest BCUT2D eigenvalue weighted by Crippen LogP contribution is 1.86. The molecular formula is C7H9NO5-2. The molecule has 0 bridgehead atoms. The summed E-state index contributed by atoms with van der Waals surface area (Å²) in [6.45, 7) is -0.180. The Hall–Kier alpha value is -1.43. The van der Waals surface area contributed by atoms with Gasteiger partial charge in [0.25, 0.3) is 0 Å². The Morgan fingerprint density at radius 1 is 1.00 bits per heavy atom. The molecule has 0 radical (unpaired) electrons. The molecule has 0 spiro atoms. The molecule has 0 aliphatic carbocycles. The number of carbonyl (C=O) groups is 3. The molecule has 74 valence electrons. The Kier molecular flexibility index (Phi) is 4.68. The normalized spacial score (nSPS) is 10.0. The van der Waals surface area contributed by atoms with Crippen LogP contribution in [0, 0.1) is 0 Å². The van der Waals surface area contributed by atoms with Crippen LogP contribution in [-0.4, -0.2) is 42.3 Å². The molecule has 0 aliphatic heterocycles. The van der Waals surface area contributed by atoms with Gasteiger partial charge in [-0.3, -0.25) is 9.69 Å². The van der Waals surface area contributed by atoms with Crippen LogP contribution in [0.1, 0.15) is 6.92 Å². The van der Waals surface area contributed by atoms with Crippen LogP contribution < -0.4 is 10.2 Å². The highest BCUT2D eigenvalue weighted by molar-refractivity contribution is 5.79. The number of hydrogen-bond acceptors (Lipinski definition) is 6. The molecule has 0 amide bonds.